The first-order valence-corrected chi connectivity index (χ1v) is 10.2. The van der Waals surface area contributed by atoms with E-state index >= 15 is 0 Å². The summed E-state index contributed by atoms with van der Waals surface area (Å²) in [5.41, 5.74) is 1.93. The number of hydrogen-bond acceptors (Lipinski definition) is 6. The lowest BCUT2D eigenvalue weighted by molar-refractivity contribution is 0.0664. The van der Waals surface area contributed by atoms with Crippen molar-refractivity contribution in [2.45, 2.75) is 0 Å². The molecule has 2 amide bonds. The van der Waals surface area contributed by atoms with Gasteiger partial charge in [0, 0.05) is 37.3 Å². The van der Waals surface area contributed by atoms with Crippen LogP contribution in [0.2, 0.25) is 0 Å². The molecule has 0 radical (unpaired) electrons. The minimum absolute atomic E-state index is 0.0391. The fraction of sp³-hybridized carbons (Fsp3) is 0.286. The third-order valence-corrected chi connectivity index (χ3v) is 5.93. The van der Waals surface area contributed by atoms with Crippen molar-refractivity contribution in [3.63, 3.8) is 0 Å². The van der Waals surface area contributed by atoms with E-state index in [-0.39, 0.29) is 11.8 Å². The summed E-state index contributed by atoms with van der Waals surface area (Å²) in [5.74, 6) is 0.497. The molecule has 1 saturated heterocycles. The number of methoxy groups -OCH3 is 1. The Morgan fingerprint density at radius 3 is 2.41 bits per heavy atom. The molecule has 1 fully saturated rings. The number of carbonyl (C=O) groups is 2. The Hall–Kier alpha value is -2.97. The third-order valence-electron chi connectivity index (χ3n) is 5.00. The van der Waals surface area contributed by atoms with Gasteiger partial charge in [0.1, 0.15) is 5.75 Å². The number of aromatic nitrogens is 1. The van der Waals surface area contributed by atoms with E-state index in [0.717, 1.165) is 36.4 Å². The molecule has 1 aliphatic heterocycles. The number of hydrogen-bond donors (Lipinski definition) is 1. The number of benzene rings is 2. The molecule has 0 bridgehead atoms. The van der Waals surface area contributed by atoms with Crippen molar-refractivity contribution in [1.82, 2.24) is 14.8 Å². The number of fused-ring (bicyclic) bond motifs is 1. The Kier molecular flexibility index (Phi) is 5.46. The number of likely N-dealkylation sites (N-methyl/N-ethyl adjacent to an activating group) is 1. The topological polar surface area (TPSA) is 74.8 Å². The van der Waals surface area contributed by atoms with Crippen molar-refractivity contribution in [3.8, 4) is 5.75 Å². The predicted molar refractivity (Wildman–Crippen MR) is 114 cm³/mol. The smallest absolute Gasteiger partial charge is 0.257 e. The Morgan fingerprint density at radius 2 is 1.72 bits per heavy atom. The van der Waals surface area contributed by atoms with E-state index in [4.69, 9.17) is 4.74 Å². The average Bonchev–Trinajstić information content (AvgIpc) is 3.15. The number of piperazine rings is 1. The molecule has 4 rings (SSSR count). The highest BCUT2D eigenvalue weighted by atomic mass is 32.1. The zero-order valence-corrected chi connectivity index (χ0v) is 17.2. The molecular weight excluding hydrogens is 388 g/mol. The summed E-state index contributed by atoms with van der Waals surface area (Å²) >= 11 is 1.36. The van der Waals surface area contributed by atoms with E-state index in [2.05, 4.69) is 22.2 Å². The number of nitrogens with one attached hydrogen (secondary N) is 1. The van der Waals surface area contributed by atoms with Gasteiger partial charge in [-0.25, -0.2) is 4.98 Å². The van der Waals surface area contributed by atoms with Crippen LogP contribution in [-0.4, -0.2) is 66.9 Å². The van der Waals surface area contributed by atoms with Crippen LogP contribution in [0, 0.1) is 0 Å². The van der Waals surface area contributed by atoms with Crippen molar-refractivity contribution in [2.75, 3.05) is 45.7 Å². The molecule has 0 aliphatic carbocycles. The molecule has 0 spiro atoms. The summed E-state index contributed by atoms with van der Waals surface area (Å²) in [7, 11) is 3.64. The lowest BCUT2D eigenvalue weighted by Gasteiger charge is -2.32. The maximum absolute atomic E-state index is 12.8. The largest absolute Gasteiger partial charge is 0.497 e. The van der Waals surface area contributed by atoms with Gasteiger partial charge in [-0.05, 0) is 49.5 Å². The molecule has 1 aliphatic rings. The lowest BCUT2D eigenvalue weighted by atomic mass is 10.1. The van der Waals surface area contributed by atoms with E-state index in [1.165, 1.54) is 11.3 Å². The van der Waals surface area contributed by atoms with Crippen molar-refractivity contribution < 1.29 is 14.3 Å². The monoisotopic (exact) mass is 410 g/mol. The highest BCUT2D eigenvalue weighted by Gasteiger charge is 2.21. The van der Waals surface area contributed by atoms with Crippen molar-refractivity contribution in [2.24, 2.45) is 0 Å². The summed E-state index contributed by atoms with van der Waals surface area (Å²) in [5, 5.41) is 3.33. The Morgan fingerprint density at radius 1 is 1.03 bits per heavy atom. The molecule has 7 nitrogen and oxygen atoms in total. The second-order valence-corrected chi connectivity index (χ2v) is 8.01. The summed E-state index contributed by atoms with van der Waals surface area (Å²) in [6.45, 7) is 3.24. The number of anilines is 1. The fourth-order valence-corrected chi connectivity index (χ4v) is 4.12. The number of carbonyl (C=O) groups excluding carboxylic acids is 2. The number of thiazole rings is 1. The van der Waals surface area contributed by atoms with Crippen LogP contribution in [-0.2, 0) is 0 Å². The Bertz CT molecular complexity index is 1040. The van der Waals surface area contributed by atoms with E-state index in [0.29, 0.717) is 22.0 Å². The van der Waals surface area contributed by atoms with Crippen LogP contribution in [0.15, 0.2) is 42.5 Å². The molecular formula is C21H22N4O3S. The van der Waals surface area contributed by atoms with Gasteiger partial charge in [0.05, 0.1) is 17.3 Å². The number of amides is 2. The van der Waals surface area contributed by atoms with Crippen LogP contribution in [0.1, 0.15) is 20.7 Å². The van der Waals surface area contributed by atoms with Gasteiger partial charge in [0.15, 0.2) is 5.13 Å². The molecule has 0 unspecified atom stereocenters. The van der Waals surface area contributed by atoms with Crippen LogP contribution < -0.4 is 10.1 Å². The van der Waals surface area contributed by atoms with Crippen molar-refractivity contribution >= 4 is 38.5 Å². The molecule has 0 atom stereocenters. The highest BCUT2D eigenvalue weighted by Crippen LogP contribution is 2.28. The zero-order chi connectivity index (χ0) is 20.4. The second kappa shape index (κ2) is 8.18. The van der Waals surface area contributed by atoms with Crippen LogP contribution in [0.25, 0.3) is 10.2 Å². The number of nitrogens with zero attached hydrogens (tertiary/aromatic N) is 3. The first-order valence-electron chi connectivity index (χ1n) is 9.37. The maximum atomic E-state index is 12.8. The Balaban J connectivity index is 1.49. The van der Waals surface area contributed by atoms with Crippen molar-refractivity contribution in [3.05, 3.63) is 53.6 Å². The summed E-state index contributed by atoms with van der Waals surface area (Å²) in [6.07, 6.45) is 0. The van der Waals surface area contributed by atoms with Crippen LogP contribution in [0.4, 0.5) is 5.13 Å². The maximum Gasteiger partial charge on any atom is 0.257 e. The van der Waals surface area contributed by atoms with Crippen molar-refractivity contribution in [1.29, 1.82) is 0 Å². The van der Waals surface area contributed by atoms with Gasteiger partial charge in [-0.2, -0.15) is 0 Å². The van der Waals surface area contributed by atoms with Gasteiger partial charge in [0.2, 0.25) is 0 Å². The first-order chi connectivity index (χ1) is 14.0. The molecule has 150 valence electrons. The number of rotatable bonds is 4. The average molecular weight is 410 g/mol. The summed E-state index contributed by atoms with van der Waals surface area (Å²) in [6, 6.07) is 12.4. The van der Waals surface area contributed by atoms with Gasteiger partial charge >= 0.3 is 0 Å². The van der Waals surface area contributed by atoms with E-state index < -0.39 is 0 Å². The van der Waals surface area contributed by atoms with Gasteiger partial charge in [0.25, 0.3) is 11.8 Å². The second-order valence-electron chi connectivity index (χ2n) is 6.98. The normalized spacial score (nSPS) is 14.8. The molecule has 3 aromatic rings. The van der Waals surface area contributed by atoms with Gasteiger partial charge in [-0.1, -0.05) is 11.3 Å². The van der Waals surface area contributed by atoms with E-state index in [1.54, 1.807) is 37.4 Å². The summed E-state index contributed by atoms with van der Waals surface area (Å²) in [4.78, 5) is 33.8. The zero-order valence-electron chi connectivity index (χ0n) is 16.3. The molecule has 1 N–H and O–H groups in total. The lowest BCUT2D eigenvalue weighted by Crippen LogP contribution is -2.47. The number of ether oxygens (including phenoxy) is 1. The fourth-order valence-electron chi connectivity index (χ4n) is 3.21. The highest BCUT2D eigenvalue weighted by molar-refractivity contribution is 7.22. The quantitative estimate of drug-likeness (QED) is 0.716. The van der Waals surface area contributed by atoms with Crippen LogP contribution >= 0.6 is 11.3 Å². The van der Waals surface area contributed by atoms with E-state index in [1.807, 2.05) is 17.0 Å². The van der Waals surface area contributed by atoms with Gasteiger partial charge in [-0.3, -0.25) is 14.9 Å². The van der Waals surface area contributed by atoms with Gasteiger partial charge < -0.3 is 14.5 Å². The Labute approximate surface area is 172 Å². The van der Waals surface area contributed by atoms with Gasteiger partial charge in [-0.15, -0.1) is 0 Å². The molecule has 0 saturated carbocycles. The first kappa shape index (κ1) is 19.4. The SMILES string of the molecule is COc1ccc(C(=O)Nc2nc3ccc(C(=O)N4CCN(C)CC4)cc3s2)cc1. The summed E-state index contributed by atoms with van der Waals surface area (Å²) < 4.78 is 5.98. The molecule has 2 heterocycles. The predicted octanol–water partition coefficient (Wildman–Crippen LogP) is 2.94. The molecule has 1 aromatic heterocycles. The third kappa shape index (κ3) is 4.23. The standard InChI is InChI=1S/C21H22N4O3S/c1-24-9-11-25(12-10-24)20(27)15-5-8-17-18(13-15)29-21(22-17)23-19(26)14-3-6-16(28-2)7-4-14/h3-8,13H,9-12H2,1-2H3,(H,22,23,26). The molecule has 8 heteroatoms. The minimum atomic E-state index is -0.236. The molecule has 29 heavy (non-hydrogen) atoms. The molecule has 2 aromatic carbocycles. The van der Waals surface area contributed by atoms with Crippen LogP contribution in [0.3, 0.4) is 0 Å². The minimum Gasteiger partial charge on any atom is -0.497 e. The van der Waals surface area contributed by atoms with E-state index in [9.17, 15) is 9.59 Å². The van der Waals surface area contributed by atoms with Crippen LogP contribution in [0.5, 0.6) is 5.75 Å².